The average Bonchev–Trinajstić information content (AvgIpc) is 2.82. The van der Waals surface area contributed by atoms with E-state index in [1.165, 1.54) is 18.5 Å². The van der Waals surface area contributed by atoms with E-state index in [1.807, 2.05) is 0 Å². The number of aromatic nitrogens is 3. The number of halogens is 3. The first-order valence-electron chi connectivity index (χ1n) is 5.90. The van der Waals surface area contributed by atoms with Gasteiger partial charge in [-0.05, 0) is 24.3 Å². The van der Waals surface area contributed by atoms with Crippen LogP contribution in [0.3, 0.4) is 0 Å². The fourth-order valence-electron chi connectivity index (χ4n) is 2.16. The summed E-state index contributed by atoms with van der Waals surface area (Å²) in [7, 11) is 1.76. The number of rotatable bonds is 1. The molecule has 0 bridgehead atoms. The predicted molar refractivity (Wildman–Crippen MR) is 68.9 cm³/mol. The molecule has 0 spiro atoms. The van der Waals surface area contributed by atoms with Gasteiger partial charge < -0.3 is 4.57 Å². The highest BCUT2D eigenvalue weighted by atomic mass is 19.4. The van der Waals surface area contributed by atoms with Crippen LogP contribution < -0.4 is 0 Å². The summed E-state index contributed by atoms with van der Waals surface area (Å²) in [6.07, 6.45) is -0.0463. The maximum absolute atomic E-state index is 13.2. The lowest BCUT2D eigenvalue weighted by Crippen LogP contribution is -2.08. The molecule has 3 nitrogen and oxygen atoms in total. The van der Waals surface area contributed by atoms with Crippen LogP contribution in [0.5, 0.6) is 0 Å². The summed E-state index contributed by atoms with van der Waals surface area (Å²) >= 11 is 0. The second-order valence-corrected chi connectivity index (χ2v) is 4.45. The van der Waals surface area contributed by atoms with Gasteiger partial charge in [0.05, 0.1) is 22.5 Å². The zero-order valence-corrected chi connectivity index (χ0v) is 10.5. The molecular weight excluding hydrogens is 267 g/mol. The first kappa shape index (κ1) is 12.7. The minimum Gasteiger partial charge on any atom is -0.349 e. The van der Waals surface area contributed by atoms with Crippen LogP contribution in [0.4, 0.5) is 13.2 Å². The van der Waals surface area contributed by atoms with Crippen molar-refractivity contribution in [3.8, 4) is 11.4 Å². The van der Waals surface area contributed by atoms with Crippen LogP contribution in [0.2, 0.25) is 0 Å². The fourth-order valence-corrected chi connectivity index (χ4v) is 2.16. The van der Waals surface area contributed by atoms with E-state index in [2.05, 4.69) is 9.97 Å². The normalized spacial score (nSPS) is 12.0. The summed E-state index contributed by atoms with van der Waals surface area (Å²) in [4.78, 5) is 8.04. The molecule has 0 unspecified atom stereocenters. The standard InChI is InChI=1S/C14H10F3N3/c1-20-6-2-3-13(20)12-7-10(14(15,16)17)9-8-18-5-4-11(9)19-12/h2-8H,1H3. The van der Waals surface area contributed by atoms with Crippen molar-refractivity contribution >= 4 is 10.9 Å². The van der Waals surface area contributed by atoms with E-state index < -0.39 is 11.7 Å². The van der Waals surface area contributed by atoms with Gasteiger partial charge >= 0.3 is 6.18 Å². The van der Waals surface area contributed by atoms with Crippen LogP contribution in [-0.4, -0.2) is 14.5 Å². The molecule has 0 aliphatic rings. The summed E-state index contributed by atoms with van der Waals surface area (Å²) in [5.41, 5.74) is 0.496. The van der Waals surface area contributed by atoms with Crippen LogP contribution >= 0.6 is 0 Å². The Morgan fingerprint density at radius 1 is 1.20 bits per heavy atom. The first-order valence-corrected chi connectivity index (χ1v) is 5.90. The maximum Gasteiger partial charge on any atom is 0.417 e. The maximum atomic E-state index is 13.2. The monoisotopic (exact) mass is 277 g/mol. The molecule has 3 rings (SSSR count). The Labute approximate surface area is 112 Å². The Kier molecular flexibility index (Phi) is 2.74. The Hall–Kier alpha value is -2.37. The third-order valence-corrected chi connectivity index (χ3v) is 3.12. The molecule has 0 fully saturated rings. The van der Waals surface area contributed by atoms with Gasteiger partial charge in [-0.25, -0.2) is 4.98 Å². The highest BCUT2D eigenvalue weighted by Gasteiger charge is 2.33. The zero-order chi connectivity index (χ0) is 14.3. The van der Waals surface area contributed by atoms with Gasteiger partial charge in [0, 0.05) is 31.0 Å². The van der Waals surface area contributed by atoms with Gasteiger partial charge in [-0.3, -0.25) is 4.98 Å². The molecule has 0 aliphatic carbocycles. The summed E-state index contributed by atoms with van der Waals surface area (Å²) in [5, 5.41) is 0.0120. The van der Waals surface area contributed by atoms with Crippen LogP contribution in [0.25, 0.3) is 22.3 Å². The van der Waals surface area contributed by atoms with E-state index in [0.29, 0.717) is 11.4 Å². The fraction of sp³-hybridized carbons (Fsp3) is 0.143. The molecule has 0 saturated carbocycles. The number of fused-ring (bicyclic) bond motifs is 1. The molecule has 0 aromatic carbocycles. The van der Waals surface area contributed by atoms with E-state index in [4.69, 9.17) is 0 Å². The van der Waals surface area contributed by atoms with E-state index in [9.17, 15) is 13.2 Å². The van der Waals surface area contributed by atoms with Crippen molar-refractivity contribution in [2.75, 3.05) is 0 Å². The molecule has 0 atom stereocenters. The predicted octanol–water partition coefficient (Wildman–Crippen LogP) is 3.65. The van der Waals surface area contributed by atoms with Gasteiger partial charge in [0.25, 0.3) is 0 Å². The Bertz CT molecular complexity index is 775. The van der Waals surface area contributed by atoms with Gasteiger partial charge in [-0.1, -0.05) is 0 Å². The van der Waals surface area contributed by atoms with E-state index in [0.717, 1.165) is 6.07 Å². The minimum atomic E-state index is -4.44. The molecule has 3 aromatic heterocycles. The Balaban J connectivity index is 2.34. The molecule has 0 N–H and O–H groups in total. The zero-order valence-electron chi connectivity index (χ0n) is 10.5. The summed E-state index contributed by atoms with van der Waals surface area (Å²) < 4.78 is 41.3. The summed E-state index contributed by atoms with van der Waals surface area (Å²) in [6, 6.07) is 6.05. The molecule has 20 heavy (non-hydrogen) atoms. The van der Waals surface area contributed by atoms with Gasteiger partial charge in [-0.2, -0.15) is 13.2 Å². The Morgan fingerprint density at radius 3 is 2.65 bits per heavy atom. The van der Waals surface area contributed by atoms with Crippen molar-refractivity contribution in [1.29, 1.82) is 0 Å². The third kappa shape index (κ3) is 2.03. The van der Waals surface area contributed by atoms with Gasteiger partial charge in [0.1, 0.15) is 0 Å². The number of aryl methyl sites for hydroxylation is 1. The molecular formula is C14H10F3N3. The van der Waals surface area contributed by atoms with Crippen molar-refractivity contribution in [3.05, 3.63) is 48.4 Å². The number of hydrogen-bond donors (Lipinski definition) is 0. The van der Waals surface area contributed by atoms with Crippen molar-refractivity contribution < 1.29 is 13.2 Å². The Morgan fingerprint density at radius 2 is 2.00 bits per heavy atom. The van der Waals surface area contributed by atoms with Crippen LogP contribution in [0, 0.1) is 0 Å². The van der Waals surface area contributed by atoms with E-state index in [1.54, 1.807) is 29.9 Å². The quantitative estimate of drug-likeness (QED) is 0.679. The molecule has 3 heterocycles. The van der Waals surface area contributed by atoms with Gasteiger partial charge in [0.15, 0.2) is 0 Å². The van der Waals surface area contributed by atoms with Crippen molar-refractivity contribution in [1.82, 2.24) is 14.5 Å². The van der Waals surface area contributed by atoms with Gasteiger partial charge in [0.2, 0.25) is 0 Å². The smallest absolute Gasteiger partial charge is 0.349 e. The van der Waals surface area contributed by atoms with Gasteiger partial charge in [-0.15, -0.1) is 0 Å². The van der Waals surface area contributed by atoms with Crippen molar-refractivity contribution in [2.45, 2.75) is 6.18 Å². The number of hydrogen-bond acceptors (Lipinski definition) is 2. The van der Waals surface area contributed by atoms with Crippen LogP contribution in [0.1, 0.15) is 5.56 Å². The second-order valence-electron chi connectivity index (χ2n) is 4.45. The number of nitrogens with zero attached hydrogens (tertiary/aromatic N) is 3. The largest absolute Gasteiger partial charge is 0.417 e. The summed E-state index contributed by atoms with van der Waals surface area (Å²) in [6.45, 7) is 0. The number of alkyl halides is 3. The highest BCUT2D eigenvalue weighted by molar-refractivity contribution is 5.84. The average molecular weight is 277 g/mol. The minimum absolute atomic E-state index is 0.0120. The molecule has 0 amide bonds. The van der Waals surface area contributed by atoms with Crippen LogP contribution in [0.15, 0.2) is 42.9 Å². The summed E-state index contributed by atoms with van der Waals surface area (Å²) in [5.74, 6) is 0. The topological polar surface area (TPSA) is 30.7 Å². The first-order chi connectivity index (χ1) is 9.47. The molecule has 0 saturated heterocycles. The van der Waals surface area contributed by atoms with E-state index in [-0.39, 0.29) is 10.9 Å². The molecule has 6 heteroatoms. The lowest BCUT2D eigenvalue weighted by atomic mass is 10.1. The third-order valence-electron chi connectivity index (χ3n) is 3.12. The molecule has 0 aliphatic heterocycles. The highest BCUT2D eigenvalue weighted by Crippen LogP contribution is 2.36. The second kappa shape index (κ2) is 4.33. The van der Waals surface area contributed by atoms with Crippen LogP contribution in [-0.2, 0) is 13.2 Å². The SMILES string of the molecule is Cn1cccc1-c1cc(C(F)(F)F)c2cnccc2n1. The molecule has 3 aromatic rings. The molecule has 0 radical (unpaired) electrons. The van der Waals surface area contributed by atoms with Crippen molar-refractivity contribution in [2.24, 2.45) is 7.05 Å². The number of pyridine rings is 2. The lowest BCUT2D eigenvalue weighted by molar-refractivity contribution is -0.136. The van der Waals surface area contributed by atoms with Crippen molar-refractivity contribution in [3.63, 3.8) is 0 Å². The van der Waals surface area contributed by atoms with E-state index >= 15 is 0 Å². The lowest BCUT2D eigenvalue weighted by Gasteiger charge is -2.12. The molecule has 102 valence electrons.